The standard InChI is InChI=1S/C17H23N5O8S/c1-16(2,11-20-8-4-3-5-9-20)17(13(23)18-19-14(24)25)7-6-12-10-21(17)15(26)22(12)30-31(27,28)29/h3-5,8-9,12,19H,6-7,10-11H2,1-2H3,(H2-,18,23,24,25,27,28,29)/t12-,17-/m1/s1. The van der Waals surface area contributed by atoms with Gasteiger partial charge < -0.3 is 14.8 Å². The van der Waals surface area contributed by atoms with Crippen LogP contribution in [0.5, 0.6) is 0 Å². The van der Waals surface area contributed by atoms with Crippen LogP contribution in [-0.4, -0.2) is 59.1 Å². The van der Waals surface area contributed by atoms with Gasteiger partial charge >= 0.3 is 16.4 Å². The SMILES string of the molecule is CC(C)(C[n+]1ccccc1)[C@]1(C(=O)NNC(=O)[O-])CC[C@@H]2CN1C(=O)N2OS(=O)(=O)O. The Bertz CT molecular complexity index is 985. The molecular formula is C17H23N5O8S. The van der Waals surface area contributed by atoms with Crippen LogP contribution >= 0.6 is 0 Å². The van der Waals surface area contributed by atoms with Gasteiger partial charge in [-0.05, 0) is 12.8 Å². The molecule has 3 heterocycles. The van der Waals surface area contributed by atoms with Crippen molar-refractivity contribution < 1.29 is 41.3 Å². The van der Waals surface area contributed by atoms with Gasteiger partial charge in [-0.25, -0.2) is 9.36 Å². The Hall–Kier alpha value is -2.97. The molecule has 0 aliphatic carbocycles. The monoisotopic (exact) mass is 457 g/mol. The van der Waals surface area contributed by atoms with Crippen LogP contribution < -0.4 is 20.5 Å². The van der Waals surface area contributed by atoms with Gasteiger partial charge in [-0.15, -0.1) is 4.28 Å². The molecule has 4 amide bonds. The van der Waals surface area contributed by atoms with Crippen LogP contribution in [-0.2, 0) is 26.0 Å². The van der Waals surface area contributed by atoms with Crippen molar-refractivity contribution >= 4 is 28.4 Å². The third kappa shape index (κ3) is 4.26. The van der Waals surface area contributed by atoms with Crippen LogP contribution in [0.4, 0.5) is 9.59 Å². The number of urea groups is 1. The Morgan fingerprint density at radius 1 is 1.32 bits per heavy atom. The van der Waals surface area contributed by atoms with Crippen molar-refractivity contribution in [2.45, 2.75) is 44.8 Å². The highest BCUT2D eigenvalue weighted by molar-refractivity contribution is 7.80. The van der Waals surface area contributed by atoms with Crippen molar-refractivity contribution in [1.29, 1.82) is 0 Å². The summed E-state index contributed by atoms with van der Waals surface area (Å²) in [6.07, 6.45) is 2.06. The summed E-state index contributed by atoms with van der Waals surface area (Å²) in [7, 11) is -4.97. The maximum absolute atomic E-state index is 13.3. The van der Waals surface area contributed by atoms with Gasteiger partial charge in [-0.3, -0.25) is 20.2 Å². The molecule has 170 valence electrons. The molecule has 14 heteroatoms. The van der Waals surface area contributed by atoms with Gasteiger partial charge in [0.25, 0.3) is 5.91 Å². The number of carbonyl (C=O) groups excluding carboxylic acids is 3. The second-order valence-electron chi connectivity index (χ2n) is 8.07. The molecule has 2 fully saturated rings. The lowest BCUT2D eigenvalue weighted by Gasteiger charge is -2.50. The Morgan fingerprint density at radius 3 is 2.55 bits per heavy atom. The number of nitrogens with one attached hydrogen (secondary N) is 2. The number of carboxylic acid groups (broad SMARTS) is 1. The van der Waals surface area contributed by atoms with Gasteiger partial charge in [0, 0.05) is 18.7 Å². The number of aromatic nitrogens is 1. The summed E-state index contributed by atoms with van der Waals surface area (Å²) < 4.78 is 37.7. The summed E-state index contributed by atoms with van der Waals surface area (Å²) in [5.41, 5.74) is 1.23. The van der Waals surface area contributed by atoms with Gasteiger partial charge in [0.05, 0.1) is 11.5 Å². The minimum Gasteiger partial charge on any atom is -0.529 e. The molecule has 0 spiro atoms. The van der Waals surface area contributed by atoms with E-state index in [4.69, 9.17) is 4.55 Å². The predicted octanol–water partition coefficient (Wildman–Crippen LogP) is -1.66. The molecule has 0 unspecified atom stereocenters. The molecule has 13 nitrogen and oxygen atoms in total. The molecule has 1 aromatic heterocycles. The molecule has 3 rings (SSSR count). The number of carbonyl (C=O) groups is 3. The van der Waals surface area contributed by atoms with Gasteiger partial charge in [0.1, 0.15) is 5.54 Å². The second kappa shape index (κ2) is 7.94. The van der Waals surface area contributed by atoms with E-state index in [0.29, 0.717) is 5.06 Å². The van der Waals surface area contributed by atoms with Gasteiger partial charge in [-0.1, -0.05) is 19.9 Å². The first kappa shape index (κ1) is 22.7. The first-order valence-electron chi connectivity index (χ1n) is 9.37. The van der Waals surface area contributed by atoms with Crippen molar-refractivity contribution in [1.82, 2.24) is 20.8 Å². The molecular weight excluding hydrogens is 434 g/mol. The fourth-order valence-electron chi connectivity index (χ4n) is 4.46. The lowest BCUT2D eigenvalue weighted by Crippen LogP contribution is -2.72. The first-order valence-corrected chi connectivity index (χ1v) is 10.7. The number of amides is 4. The number of fused-ring (bicyclic) bond motifs is 2. The van der Waals surface area contributed by atoms with E-state index in [1.165, 1.54) is 0 Å². The lowest BCUT2D eigenvalue weighted by atomic mass is 9.66. The molecule has 0 saturated carbocycles. The summed E-state index contributed by atoms with van der Waals surface area (Å²) in [4.78, 5) is 38.3. The third-order valence-corrected chi connectivity index (χ3v) is 6.10. The predicted molar refractivity (Wildman–Crippen MR) is 99.4 cm³/mol. The smallest absolute Gasteiger partial charge is 0.418 e. The Labute approximate surface area is 178 Å². The number of hydrazine groups is 1. The number of piperidine rings is 1. The minimum atomic E-state index is -4.97. The molecule has 31 heavy (non-hydrogen) atoms. The fraction of sp³-hybridized carbons (Fsp3) is 0.529. The average Bonchev–Trinajstić information content (AvgIpc) is 2.91. The highest BCUT2D eigenvalue weighted by Crippen LogP contribution is 2.47. The van der Waals surface area contributed by atoms with E-state index in [2.05, 4.69) is 9.71 Å². The normalized spacial score (nSPS) is 23.6. The molecule has 1 aromatic rings. The number of pyridine rings is 1. The molecule has 0 radical (unpaired) electrons. The number of rotatable bonds is 6. The topological polar surface area (TPSA) is 172 Å². The average molecular weight is 457 g/mol. The maximum Gasteiger partial charge on any atom is 0.418 e. The lowest BCUT2D eigenvalue weighted by molar-refractivity contribution is -0.710. The van der Waals surface area contributed by atoms with E-state index in [9.17, 15) is 27.9 Å². The van der Waals surface area contributed by atoms with Crippen molar-refractivity contribution in [2.24, 2.45) is 5.41 Å². The summed E-state index contributed by atoms with van der Waals surface area (Å²) >= 11 is 0. The fourth-order valence-corrected chi connectivity index (χ4v) is 4.84. The molecule has 2 aliphatic rings. The van der Waals surface area contributed by atoms with Crippen LogP contribution in [0.1, 0.15) is 26.7 Å². The van der Waals surface area contributed by atoms with E-state index >= 15 is 0 Å². The minimum absolute atomic E-state index is 0.0595. The van der Waals surface area contributed by atoms with Crippen LogP contribution in [0.2, 0.25) is 0 Å². The van der Waals surface area contributed by atoms with Crippen molar-refractivity contribution in [3.05, 3.63) is 30.6 Å². The summed E-state index contributed by atoms with van der Waals surface area (Å²) in [6, 6.07) is 3.75. The van der Waals surface area contributed by atoms with E-state index in [1.54, 1.807) is 48.4 Å². The maximum atomic E-state index is 13.3. The first-order chi connectivity index (χ1) is 14.4. The number of nitrogens with zero attached hydrogens (tertiary/aromatic N) is 3. The van der Waals surface area contributed by atoms with E-state index in [-0.39, 0.29) is 25.9 Å². The number of hydrogen-bond donors (Lipinski definition) is 3. The molecule has 2 saturated heterocycles. The van der Waals surface area contributed by atoms with Crippen molar-refractivity contribution in [3.63, 3.8) is 0 Å². The zero-order valence-electron chi connectivity index (χ0n) is 16.8. The highest BCUT2D eigenvalue weighted by atomic mass is 32.3. The summed E-state index contributed by atoms with van der Waals surface area (Å²) in [6.45, 7) is 3.69. The van der Waals surface area contributed by atoms with Gasteiger partial charge in [-0.2, -0.15) is 13.5 Å². The molecule has 2 atom stereocenters. The largest absolute Gasteiger partial charge is 0.529 e. The van der Waals surface area contributed by atoms with E-state index in [1.807, 2.05) is 6.07 Å². The third-order valence-electron chi connectivity index (χ3n) is 5.75. The summed E-state index contributed by atoms with van der Waals surface area (Å²) in [5, 5.41) is 11.3. The zero-order chi connectivity index (χ0) is 23.0. The summed E-state index contributed by atoms with van der Waals surface area (Å²) in [5.74, 6) is -0.807. The quantitative estimate of drug-likeness (QED) is 0.259. The Kier molecular flexibility index (Phi) is 5.82. The molecule has 2 bridgehead atoms. The Morgan fingerprint density at radius 2 is 1.97 bits per heavy atom. The van der Waals surface area contributed by atoms with Crippen LogP contribution in [0.25, 0.3) is 0 Å². The van der Waals surface area contributed by atoms with Crippen LogP contribution in [0.15, 0.2) is 30.6 Å². The van der Waals surface area contributed by atoms with Crippen molar-refractivity contribution in [2.75, 3.05) is 6.54 Å². The number of hydrogen-bond acceptors (Lipinski definition) is 7. The molecule has 0 aromatic carbocycles. The van der Waals surface area contributed by atoms with Crippen LogP contribution in [0.3, 0.4) is 0 Å². The highest BCUT2D eigenvalue weighted by Gasteiger charge is 2.65. The number of hydroxylamine groups is 2. The second-order valence-corrected chi connectivity index (χ2v) is 9.08. The molecule has 3 N–H and O–H groups in total. The van der Waals surface area contributed by atoms with Crippen LogP contribution in [0, 0.1) is 5.41 Å². The van der Waals surface area contributed by atoms with E-state index in [0.717, 1.165) is 4.90 Å². The van der Waals surface area contributed by atoms with E-state index < -0.39 is 45.4 Å². The van der Waals surface area contributed by atoms with Crippen molar-refractivity contribution in [3.8, 4) is 0 Å². The van der Waals surface area contributed by atoms with Gasteiger partial charge in [0.2, 0.25) is 0 Å². The molecule has 2 aliphatic heterocycles. The van der Waals surface area contributed by atoms with Gasteiger partial charge in [0.15, 0.2) is 25.0 Å². The zero-order valence-corrected chi connectivity index (χ0v) is 17.7. The Balaban J connectivity index is 2.02.